The number of guanidine groups is 1. The number of nitrogens with one attached hydrogen (secondary N) is 2. The molecule has 0 bridgehead atoms. The van der Waals surface area contributed by atoms with Gasteiger partial charge in [-0.1, -0.05) is 23.7 Å². The first-order chi connectivity index (χ1) is 13.0. The maximum absolute atomic E-state index is 6.11. The standard InChI is InChI=1S/C20H33ClN4O2/c1-5-22-19(24-15-20(2,3)25-9-11-27-12-10-25)23-14-18(26-4)16-7-6-8-17(21)13-16/h6-8,13,18H,5,9-12,14-15H2,1-4H3,(H2,22,23,24). The van der Waals surface area contributed by atoms with Crippen molar-refractivity contribution in [3.63, 3.8) is 0 Å². The van der Waals surface area contributed by atoms with E-state index in [-0.39, 0.29) is 11.6 Å². The van der Waals surface area contributed by atoms with Crippen molar-refractivity contribution >= 4 is 17.6 Å². The van der Waals surface area contributed by atoms with E-state index in [0.717, 1.165) is 44.4 Å². The molecule has 0 aromatic heterocycles. The maximum Gasteiger partial charge on any atom is 0.191 e. The van der Waals surface area contributed by atoms with Gasteiger partial charge in [0.15, 0.2) is 5.96 Å². The van der Waals surface area contributed by atoms with Crippen LogP contribution in [0.3, 0.4) is 0 Å². The van der Waals surface area contributed by atoms with Crippen molar-refractivity contribution < 1.29 is 9.47 Å². The molecule has 2 rings (SSSR count). The Morgan fingerprint density at radius 2 is 2.07 bits per heavy atom. The molecule has 0 amide bonds. The van der Waals surface area contributed by atoms with Gasteiger partial charge < -0.3 is 20.1 Å². The number of morpholine rings is 1. The number of halogens is 1. The molecular weight excluding hydrogens is 364 g/mol. The number of hydrogen-bond acceptors (Lipinski definition) is 4. The first kappa shape index (κ1) is 22.0. The first-order valence-electron chi connectivity index (χ1n) is 9.59. The van der Waals surface area contributed by atoms with Crippen LogP contribution in [0.2, 0.25) is 5.02 Å². The zero-order valence-corrected chi connectivity index (χ0v) is 17.7. The van der Waals surface area contributed by atoms with Gasteiger partial charge in [0.1, 0.15) is 0 Å². The summed E-state index contributed by atoms with van der Waals surface area (Å²) in [6, 6.07) is 7.76. The highest BCUT2D eigenvalue weighted by Gasteiger charge is 2.28. The van der Waals surface area contributed by atoms with Gasteiger partial charge in [-0.3, -0.25) is 9.89 Å². The molecule has 1 aliphatic rings. The Bertz CT molecular complexity index is 603. The smallest absolute Gasteiger partial charge is 0.191 e. The second-order valence-electron chi connectivity index (χ2n) is 7.27. The Labute approximate surface area is 168 Å². The quantitative estimate of drug-likeness (QED) is 0.522. The van der Waals surface area contributed by atoms with Crippen LogP contribution in [0.15, 0.2) is 29.3 Å². The minimum Gasteiger partial charge on any atom is -0.379 e. The lowest BCUT2D eigenvalue weighted by atomic mass is 10.0. The molecular formula is C20H33ClN4O2. The van der Waals surface area contributed by atoms with Crippen molar-refractivity contribution in [3.05, 3.63) is 34.9 Å². The van der Waals surface area contributed by atoms with E-state index in [1.165, 1.54) is 0 Å². The van der Waals surface area contributed by atoms with Gasteiger partial charge in [0.2, 0.25) is 0 Å². The van der Waals surface area contributed by atoms with Crippen molar-refractivity contribution in [3.8, 4) is 0 Å². The van der Waals surface area contributed by atoms with Crippen molar-refractivity contribution in [1.29, 1.82) is 0 Å². The fraction of sp³-hybridized carbons (Fsp3) is 0.650. The Kier molecular flexibility index (Phi) is 8.83. The van der Waals surface area contributed by atoms with Gasteiger partial charge in [0.25, 0.3) is 0 Å². The molecule has 1 aromatic rings. The molecule has 1 saturated heterocycles. The zero-order valence-electron chi connectivity index (χ0n) is 16.9. The molecule has 27 heavy (non-hydrogen) atoms. The SMILES string of the molecule is CCNC(=NCC(C)(C)N1CCOCC1)NCC(OC)c1cccc(Cl)c1. The lowest BCUT2D eigenvalue weighted by Gasteiger charge is -2.40. The maximum atomic E-state index is 6.11. The largest absolute Gasteiger partial charge is 0.379 e. The molecule has 0 radical (unpaired) electrons. The molecule has 0 aliphatic carbocycles. The molecule has 1 aromatic carbocycles. The van der Waals surface area contributed by atoms with Gasteiger partial charge in [0.05, 0.1) is 25.9 Å². The average Bonchev–Trinajstić information content (AvgIpc) is 2.67. The van der Waals surface area contributed by atoms with Crippen molar-refractivity contribution in [2.75, 3.05) is 53.0 Å². The monoisotopic (exact) mass is 396 g/mol. The number of nitrogens with zero attached hydrogens (tertiary/aromatic N) is 2. The van der Waals surface area contributed by atoms with Crippen molar-refractivity contribution in [2.45, 2.75) is 32.4 Å². The highest BCUT2D eigenvalue weighted by atomic mass is 35.5. The van der Waals surface area contributed by atoms with Crippen molar-refractivity contribution in [2.24, 2.45) is 4.99 Å². The van der Waals surface area contributed by atoms with Crippen molar-refractivity contribution in [1.82, 2.24) is 15.5 Å². The Morgan fingerprint density at radius 3 is 2.70 bits per heavy atom. The van der Waals surface area contributed by atoms with Gasteiger partial charge in [-0.25, -0.2) is 0 Å². The number of benzene rings is 1. The predicted octanol–water partition coefficient (Wildman–Crippen LogP) is 2.69. The van der Waals surface area contributed by atoms with Gasteiger partial charge >= 0.3 is 0 Å². The molecule has 1 aliphatic heterocycles. The highest BCUT2D eigenvalue weighted by molar-refractivity contribution is 6.30. The van der Waals surface area contributed by atoms with Gasteiger partial charge in [-0.15, -0.1) is 0 Å². The summed E-state index contributed by atoms with van der Waals surface area (Å²) in [6.07, 6.45) is -0.0974. The summed E-state index contributed by atoms with van der Waals surface area (Å²) in [4.78, 5) is 7.25. The number of rotatable bonds is 8. The number of methoxy groups -OCH3 is 1. The Hall–Kier alpha value is -1.34. The van der Waals surface area contributed by atoms with Crippen LogP contribution in [0.4, 0.5) is 0 Å². The Morgan fingerprint density at radius 1 is 1.33 bits per heavy atom. The molecule has 1 heterocycles. The summed E-state index contributed by atoms with van der Waals surface area (Å²) in [5, 5.41) is 7.42. The molecule has 152 valence electrons. The van der Waals surface area contributed by atoms with E-state index in [1.807, 2.05) is 24.3 Å². The van der Waals surface area contributed by atoms with Crippen LogP contribution < -0.4 is 10.6 Å². The Balaban J connectivity index is 1.97. The first-order valence-corrected chi connectivity index (χ1v) is 9.97. The molecule has 2 N–H and O–H groups in total. The number of aliphatic imine (C=N–C) groups is 1. The summed E-state index contributed by atoms with van der Waals surface area (Å²) >= 11 is 6.11. The minimum absolute atomic E-state index is 0.0141. The summed E-state index contributed by atoms with van der Waals surface area (Å²) in [5.74, 6) is 0.794. The van der Waals surface area contributed by atoms with E-state index in [9.17, 15) is 0 Å². The fourth-order valence-corrected chi connectivity index (χ4v) is 3.32. The topological polar surface area (TPSA) is 58.1 Å². The third-order valence-corrected chi connectivity index (χ3v) is 5.03. The van der Waals surface area contributed by atoms with Crippen LogP contribution in [-0.2, 0) is 9.47 Å². The van der Waals surface area contributed by atoms with Crippen LogP contribution in [0.5, 0.6) is 0 Å². The van der Waals surface area contributed by atoms with E-state index < -0.39 is 0 Å². The summed E-state index contributed by atoms with van der Waals surface area (Å²) < 4.78 is 11.1. The molecule has 0 spiro atoms. The molecule has 1 fully saturated rings. The average molecular weight is 397 g/mol. The van der Waals surface area contributed by atoms with E-state index in [0.29, 0.717) is 18.1 Å². The van der Waals surface area contributed by atoms with E-state index in [2.05, 4.69) is 36.3 Å². The normalized spacial score (nSPS) is 17.6. The lowest BCUT2D eigenvalue weighted by molar-refractivity contribution is -0.00684. The van der Waals surface area contributed by atoms with Gasteiger partial charge in [-0.05, 0) is 38.5 Å². The number of hydrogen-bond donors (Lipinski definition) is 2. The summed E-state index contributed by atoms with van der Waals surface area (Å²) in [6.45, 7) is 12.1. The molecule has 0 saturated carbocycles. The van der Waals surface area contributed by atoms with Crippen LogP contribution in [-0.4, -0.2) is 69.4 Å². The van der Waals surface area contributed by atoms with E-state index in [1.54, 1.807) is 7.11 Å². The zero-order chi connectivity index (χ0) is 19.7. The molecule has 1 unspecified atom stereocenters. The van der Waals surface area contributed by atoms with Gasteiger partial charge in [-0.2, -0.15) is 0 Å². The number of ether oxygens (including phenoxy) is 2. The van der Waals surface area contributed by atoms with Crippen LogP contribution in [0.25, 0.3) is 0 Å². The van der Waals surface area contributed by atoms with Crippen LogP contribution in [0, 0.1) is 0 Å². The van der Waals surface area contributed by atoms with Crippen LogP contribution in [0.1, 0.15) is 32.4 Å². The minimum atomic E-state index is -0.0974. The third kappa shape index (κ3) is 6.96. The lowest BCUT2D eigenvalue weighted by Crippen LogP contribution is -2.52. The van der Waals surface area contributed by atoms with E-state index in [4.69, 9.17) is 26.1 Å². The van der Waals surface area contributed by atoms with Gasteiger partial charge in [0, 0.05) is 43.9 Å². The second-order valence-corrected chi connectivity index (χ2v) is 7.70. The van der Waals surface area contributed by atoms with Crippen LogP contribution >= 0.6 is 11.6 Å². The molecule has 6 nitrogen and oxygen atoms in total. The predicted molar refractivity (Wildman–Crippen MR) is 112 cm³/mol. The summed E-state index contributed by atoms with van der Waals surface area (Å²) in [5.41, 5.74) is 1.03. The summed E-state index contributed by atoms with van der Waals surface area (Å²) in [7, 11) is 1.71. The molecule has 7 heteroatoms. The fourth-order valence-electron chi connectivity index (χ4n) is 3.12. The molecule has 1 atom stereocenters. The highest BCUT2D eigenvalue weighted by Crippen LogP contribution is 2.20. The van der Waals surface area contributed by atoms with E-state index >= 15 is 0 Å². The second kappa shape index (κ2) is 10.9. The third-order valence-electron chi connectivity index (χ3n) is 4.80.